The summed E-state index contributed by atoms with van der Waals surface area (Å²) in [6, 6.07) is 0. The molecular formula is C21H27N7S. The van der Waals surface area contributed by atoms with E-state index in [0.717, 1.165) is 41.5 Å². The summed E-state index contributed by atoms with van der Waals surface area (Å²) in [6.07, 6.45) is 8.09. The van der Waals surface area contributed by atoms with Crippen molar-refractivity contribution >= 4 is 32.9 Å². The zero-order chi connectivity index (χ0) is 20.3. The number of aromatic nitrogens is 6. The van der Waals surface area contributed by atoms with Gasteiger partial charge in [-0.05, 0) is 43.1 Å². The second-order valence-electron chi connectivity index (χ2n) is 8.68. The first-order valence-electron chi connectivity index (χ1n) is 10.4. The Morgan fingerprint density at radius 3 is 2.90 bits per heavy atom. The number of hydrogen-bond donors (Lipinski definition) is 1. The van der Waals surface area contributed by atoms with Crippen LogP contribution in [0.4, 0.5) is 5.69 Å². The van der Waals surface area contributed by atoms with E-state index >= 15 is 0 Å². The van der Waals surface area contributed by atoms with Crippen LogP contribution in [-0.4, -0.2) is 29.4 Å². The van der Waals surface area contributed by atoms with Gasteiger partial charge in [-0.3, -0.25) is 4.68 Å². The topological polar surface area (TPSA) is 86.9 Å². The highest BCUT2D eigenvalue weighted by Crippen LogP contribution is 2.45. The predicted octanol–water partition coefficient (Wildman–Crippen LogP) is 4.35. The Morgan fingerprint density at radius 2 is 2.14 bits per heavy atom. The highest BCUT2D eigenvalue weighted by molar-refractivity contribution is 7.19. The predicted molar refractivity (Wildman–Crippen MR) is 117 cm³/mol. The quantitative estimate of drug-likeness (QED) is 0.541. The molecule has 1 aliphatic rings. The molecule has 1 atom stereocenters. The molecule has 0 saturated heterocycles. The van der Waals surface area contributed by atoms with Gasteiger partial charge in [-0.2, -0.15) is 5.10 Å². The van der Waals surface area contributed by atoms with Gasteiger partial charge in [0.1, 0.15) is 16.9 Å². The van der Waals surface area contributed by atoms with Gasteiger partial charge in [0, 0.05) is 11.4 Å². The fraction of sp³-hybridized carbons (Fsp3) is 0.524. The standard InChI is InChI=1S/C21H27N7S/c1-5-21(3,4)12-7-8-13-15(9-12)29-20-16(13)19-25-18(26-28(19)11-23-20)17-14(22)10-24-27(17)6-2/h10-12H,5-9,22H2,1-4H3/t12-/m0/s1. The van der Waals surface area contributed by atoms with Crippen molar-refractivity contribution in [2.45, 2.75) is 59.9 Å². The molecule has 0 fully saturated rings. The molecule has 4 aromatic rings. The summed E-state index contributed by atoms with van der Waals surface area (Å²) in [5, 5.41) is 10.2. The van der Waals surface area contributed by atoms with Gasteiger partial charge >= 0.3 is 0 Å². The molecule has 0 radical (unpaired) electrons. The van der Waals surface area contributed by atoms with Crippen LogP contribution in [0.15, 0.2) is 12.5 Å². The zero-order valence-corrected chi connectivity index (χ0v) is 18.3. The third-order valence-electron chi connectivity index (χ3n) is 6.78. The molecule has 1 aliphatic carbocycles. The molecule has 2 N–H and O–H groups in total. The Hall–Kier alpha value is -2.48. The van der Waals surface area contributed by atoms with E-state index in [1.165, 1.54) is 28.7 Å². The van der Waals surface area contributed by atoms with Crippen molar-refractivity contribution < 1.29 is 0 Å². The maximum absolute atomic E-state index is 6.16. The Balaban J connectivity index is 1.65. The third-order valence-corrected chi connectivity index (χ3v) is 7.94. The van der Waals surface area contributed by atoms with Crippen LogP contribution >= 0.6 is 11.3 Å². The lowest BCUT2D eigenvalue weighted by Gasteiger charge is -2.36. The second-order valence-corrected chi connectivity index (χ2v) is 9.76. The van der Waals surface area contributed by atoms with Crippen LogP contribution in [0.25, 0.3) is 27.4 Å². The molecule has 4 aromatic heterocycles. The lowest BCUT2D eigenvalue weighted by Crippen LogP contribution is -2.28. The first-order chi connectivity index (χ1) is 13.9. The van der Waals surface area contributed by atoms with Crippen molar-refractivity contribution in [3.8, 4) is 11.5 Å². The fourth-order valence-corrected chi connectivity index (χ4v) is 5.78. The first kappa shape index (κ1) is 18.5. The number of rotatable bonds is 4. The van der Waals surface area contributed by atoms with Crippen molar-refractivity contribution in [2.24, 2.45) is 11.3 Å². The average molecular weight is 410 g/mol. The third kappa shape index (κ3) is 2.76. The van der Waals surface area contributed by atoms with Crippen LogP contribution < -0.4 is 5.73 Å². The molecule has 0 saturated carbocycles. The van der Waals surface area contributed by atoms with Crippen LogP contribution in [0.3, 0.4) is 0 Å². The van der Waals surface area contributed by atoms with E-state index in [0.29, 0.717) is 16.9 Å². The number of aryl methyl sites for hydroxylation is 2. The summed E-state index contributed by atoms with van der Waals surface area (Å²) in [5.74, 6) is 1.33. The van der Waals surface area contributed by atoms with Crippen molar-refractivity contribution in [3.05, 3.63) is 23.0 Å². The van der Waals surface area contributed by atoms with Crippen molar-refractivity contribution in [2.75, 3.05) is 5.73 Å². The van der Waals surface area contributed by atoms with Gasteiger partial charge in [0.25, 0.3) is 0 Å². The number of thiophene rings is 1. The minimum atomic E-state index is 0.370. The fourth-order valence-electron chi connectivity index (χ4n) is 4.51. The van der Waals surface area contributed by atoms with E-state index < -0.39 is 0 Å². The monoisotopic (exact) mass is 409 g/mol. The summed E-state index contributed by atoms with van der Waals surface area (Å²) in [6.45, 7) is 9.86. The maximum Gasteiger partial charge on any atom is 0.202 e. The molecule has 0 spiro atoms. The Labute approximate surface area is 174 Å². The molecule has 4 heterocycles. The SMILES string of the molecule is CCn1ncc(N)c1-c1nc2c3c4c(sc3ncn2n1)C[C@@H](C(C)(C)CC)CC4. The minimum absolute atomic E-state index is 0.370. The molecule has 0 bridgehead atoms. The number of hydrogen-bond acceptors (Lipinski definition) is 6. The van der Waals surface area contributed by atoms with Gasteiger partial charge in [-0.25, -0.2) is 14.5 Å². The lowest BCUT2D eigenvalue weighted by molar-refractivity contribution is 0.184. The molecule has 0 amide bonds. The van der Waals surface area contributed by atoms with Crippen molar-refractivity contribution in [3.63, 3.8) is 0 Å². The second kappa shape index (κ2) is 6.52. The Morgan fingerprint density at radius 1 is 1.31 bits per heavy atom. The molecule has 152 valence electrons. The van der Waals surface area contributed by atoms with Crippen LogP contribution in [0.5, 0.6) is 0 Å². The first-order valence-corrected chi connectivity index (χ1v) is 11.2. The minimum Gasteiger partial charge on any atom is -0.396 e. The number of nitrogen functional groups attached to an aromatic ring is 1. The normalized spacial score (nSPS) is 17.3. The molecular weight excluding hydrogens is 382 g/mol. The Bertz CT molecular complexity index is 1210. The van der Waals surface area contributed by atoms with Crippen LogP contribution in [-0.2, 0) is 19.4 Å². The van der Waals surface area contributed by atoms with E-state index in [1.54, 1.807) is 17.0 Å². The molecule has 0 aliphatic heterocycles. The lowest BCUT2D eigenvalue weighted by atomic mass is 9.70. The van der Waals surface area contributed by atoms with E-state index in [1.807, 2.05) is 22.9 Å². The maximum atomic E-state index is 6.16. The largest absolute Gasteiger partial charge is 0.396 e. The smallest absolute Gasteiger partial charge is 0.202 e. The van der Waals surface area contributed by atoms with Crippen LogP contribution in [0.2, 0.25) is 0 Å². The molecule has 0 unspecified atom stereocenters. The number of nitrogens with zero attached hydrogens (tertiary/aromatic N) is 6. The summed E-state index contributed by atoms with van der Waals surface area (Å²) in [4.78, 5) is 12.1. The van der Waals surface area contributed by atoms with Gasteiger partial charge in [-0.15, -0.1) is 16.4 Å². The van der Waals surface area contributed by atoms with Gasteiger partial charge in [0.15, 0.2) is 5.65 Å². The molecule has 0 aromatic carbocycles. The van der Waals surface area contributed by atoms with E-state index in [9.17, 15) is 0 Å². The summed E-state index contributed by atoms with van der Waals surface area (Å²) in [5.41, 5.74) is 10.2. The zero-order valence-electron chi connectivity index (χ0n) is 17.4. The average Bonchev–Trinajstić information content (AvgIpc) is 3.40. The number of nitrogens with two attached hydrogens (primary N) is 1. The molecule has 29 heavy (non-hydrogen) atoms. The van der Waals surface area contributed by atoms with Gasteiger partial charge < -0.3 is 5.73 Å². The van der Waals surface area contributed by atoms with Gasteiger partial charge in [-0.1, -0.05) is 27.2 Å². The number of anilines is 1. The number of fused-ring (bicyclic) bond motifs is 5. The van der Waals surface area contributed by atoms with E-state index in [-0.39, 0.29) is 0 Å². The van der Waals surface area contributed by atoms with E-state index in [4.69, 9.17) is 15.7 Å². The van der Waals surface area contributed by atoms with Crippen LogP contribution in [0.1, 0.15) is 51.0 Å². The summed E-state index contributed by atoms with van der Waals surface area (Å²) >= 11 is 1.83. The van der Waals surface area contributed by atoms with Crippen LogP contribution in [0, 0.1) is 11.3 Å². The van der Waals surface area contributed by atoms with E-state index in [2.05, 4.69) is 31.0 Å². The Kier molecular flexibility index (Phi) is 4.17. The van der Waals surface area contributed by atoms with Gasteiger partial charge in [0.2, 0.25) is 5.82 Å². The molecule has 7 nitrogen and oxygen atoms in total. The van der Waals surface area contributed by atoms with Crippen molar-refractivity contribution in [1.29, 1.82) is 0 Å². The highest BCUT2D eigenvalue weighted by atomic mass is 32.1. The molecule has 8 heteroatoms. The molecule has 5 rings (SSSR count). The van der Waals surface area contributed by atoms with Gasteiger partial charge in [0.05, 0.1) is 17.3 Å². The summed E-state index contributed by atoms with van der Waals surface area (Å²) < 4.78 is 3.63. The highest BCUT2D eigenvalue weighted by Gasteiger charge is 2.33. The summed E-state index contributed by atoms with van der Waals surface area (Å²) in [7, 11) is 0. The van der Waals surface area contributed by atoms with Crippen molar-refractivity contribution in [1.82, 2.24) is 29.4 Å².